The van der Waals surface area contributed by atoms with Crippen LogP contribution in [0.4, 0.5) is 4.39 Å². The first-order chi connectivity index (χ1) is 10.7. The average Bonchev–Trinajstić information content (AvgIpc) is 2.48. The Morgan fingerprint density at radius 2 is 2.09 bits per heavy atom. The van der Waals surface area contributed by atoms with Gasteiger partial charge < -0.3 is 14.5 Å². The number of nitrogens with one attached hydrogen (secondary N) is 1. The number of carbonyl (C=O) groups excluding carboxylic acids is 1. The molecule has 1 aromatic carbocycles. The van der Waals surface area contributed by atoms with E-state index in [1.54, 1.807) is 19.9 Å². The van der Waals surface area contributed by atoms with Gasteiger partial charge in [-0.2, -0.15) is 4.98 Å². The molecule has 0 saturated carbocycles. The van der Waals surface area contributed by atoms with Crippen LogP contribution in [-0.2, 0) is 9.53 Å². The number of benzene rings is 1. The second-order valence-electron chi connectivity index (χ2n) is 5.17. The lowest BCUT2D eigenvalue weighted by atomic mass is 10.1. The monoisotopic (exact) mass is 356 g/mol. The number of aromatic amines is 1. The summed E-state index contributed by atoms with van der Waals surface area (Å²) in [5.41, 5.74) is -0.245. The van der Waals surface area contributed by atoms with Gasteiger partial charge in [-0.15, -0.1) is 0 Å². The Balaban J connectivity index is 2.41. The average molecular weight is 357 g/mol. The van der Waals surface area contributed by atoms with Crippen LogP contribution >= 0.6 is 23.8 Å². The molecule has 0 fully saturated rings. The van der Waals surface area contributed by atoms with Gasteiger partial charge >= 0.3 is 5.97 Å². The zero-order valence-corrected chi connectivity index (χ0v) is 14.2. The summed E-state index contributed by atoms with van der Waals surface area (Å²) in [6.45, 7) is 3.09. The second-order valence-corrected chi connectivity index (χ2v) is 5.96. The van der Waals surface area contributed by atoms with Crippen molar-refractivity contribution >= 4 is 29.8 Å². The van der Waals surface area contributed by atoms with Crippen molar-refractivity contribution in [1.29, 1.82) is 0 Å². The molecule has 1 N–H and O–H groups in total. The van der Waals surface area contributed by atoms with Crippen molar-refractivity contribution in [2.45, 2.75) is 19.4 Å². The van der Waals surface area contributed by atoms with E-state index in [4.69, 9.17) is 28.6 Å². The molecule has 0 aliphatic rings. The molecule has 0 aliphatic carbocycles. The first kappa shape index (κ1) is 17.4. The van der Waals surface area contributed by atoms with E-state index in [9.17, 15) is 9.18 Å². The minimum absolute atomic E-state index is 0.0182. The van der Waals surface area contributed by atoms with E-state index in [0.29, 0.717) is 11.3 Å². The molecule has 0 bridgehead atoms. The molecule has 23 heavy (non-hydrogen) atoms. The number of nitrogens with zero attached hydrogens (tertiary/aromatic N) is 1. The Kier molecular flexibility index (Phi) is 5.01. The van der Waals surface area contributed by atoms with Gasteiger partial charge in [0.15, 0.2) is 0 Å². The highest BCUT2D eigenvalue weighted by Crippen LogP contribution is 2.26. The van der Waals surface area contributed by atoms with Gasteiger partial charge in [-0.05, 0) is 38.2 Å². The van der Waals surface area contributed by atoms with Crippen LogP contribution in [0.15, 0.2) is 24.3 Å². The van der Waals surface area contributed by atoms with E-state index < -0.39 is 17.4 Å². The van der Waals surface area contributed by atoms with Gasteiger partial charge in [-0.1, -0.05) is 17.7 Å². The summed E-state index contributed by atoms with van der Waals surface area (Å²) >= 11 is 10.7. The molecular formula is C15H14ClFN2O3S. The summed E-state index contributed by atoms with van der Waals surface area (Å²) in [6.07, 6.45) is 0. The lowest BCUT2D eigenvalue weighted by Crippen LogP contribution is -2.39. The summed E-state index contributed by atoms with van der Waals surface area (Å²) in [6, 6.07) is 5.84. The lowest BCUT2D eigenvalue weighted by Gasteiger charge is -2.22. The number of methoxy groups -OCH3 is 1. The highest BCUT2D eigenvalue weighted by Gasteiger charge is 2.31. The number of carbonyl (C=O) groups is 1. The van der Waals surface area contributed by atoms with Gasteiger partial charge in [-0.3, -0.25) is 0 Å². The predicted octanol–water partition coefficient (Wildman–Crippen LogP) is 3.93. The van der Waals surface area contributed by atoms with Crippen LogP contribution in [0.5, 0.6) is 5.88 Å². The zero-order valence-electron chi connectivity index (χ0n) is 12.6. The summed E-state index contributed by atoms with van der Waals surface area (Å²) < 4.78 is 24.0. The summed E-state index contributed by atoms with van der Waals surface area (Å²) in [4.78, 5) is 18.5. The Bertz CT molecular complexity index is 808. The first-order valence-electron chi connectivity index (χ1n) is 6.57. The molecule has 0 atom stereocenters. The van der Waals surface area contributed by atoms with E-state index in [0.717, 1.165) is 0 Å². The molecule has 0 unspecified atom stereocenters. The minimum Gasteiger partial charge on any atom is -0.466 e. The molecule has 1 aromatic heterocycles. The normalized spacial score (nSPS) is 11.2. The quantitative estimate of drug-likeness (QED) is 0.664. The molecule has 122 valence electrons. The van der Waals surface area contributed by atoms with Gasteiger partial charge in [0.1, 0.15) is 5.82 Å². The Morgan fingerprint density at radius 3 is 2.70 bits per heavy atom. The van der Waals surface area contributed by atoms with Crippen LogP contribution in [0, 0.1) is 10.6 Å². The summed E-state index contributed by atoms with van der Waals surface area (Å²) in [5.74, 6) is -0.996. The maximum atomic E-state index is 13.6. The maximum absolute atomic E-state index is 13.6. The standard InChI is InChI=1S/C15H14ClFN2O3S/c1-15(2,13(20)21-3)22-12-7-11(18-14(23)19-12)8-4-5-9(16)10(17)6-8/h4-7H,1-3H3,(H,18,19,23). The van der Waals surface area contributed by atoms with Gasteiger partial charge in [0, 0.05) is 11.6 Å². The molecular weight excluding hydrogens is 343 g/mol. The second kappa shape index (κ2) is 6.64. The third kappa shape index (κ3) is 4.05. The topological polar surface area (TPSA) is 64.2 Å². The lowest BCUT2D eigenvalue weighted by molar-refractivity contribution is -0.156. The minimum atomic E-state index is -1.24. The number of aromatic nitrogens is 2. The zero-order chi connectivity index (χ0) is 17.2. The number of esters is 1. The van der Waals surface area contributed by atoms with Gasteiger partial charge in [0.05, 0.1) is 17.8 Å². The fraction of sp³-hybridized carbons (Fsp3) is 0.267. The smallest absolute Gasteiger partial charge is 0.349 e. The van der Waals surface area contributed by atoms with Gasteiger partial charge in [0.25, 0.3) is 0 Å². The predicted molar refractivity (Wildman–Crippen MR) is 86.5 cm³/mol. The SMILES string of the molecule is COC(=O)C(C)(C)Oc1cc(-c2ccc(Cl)c(F)c2)[nH]c(=S)n1. The number of ether oxygens (including phenoxy) is 2. The van der Waals surface area contributed by atoms with E-state index in [-0.39, 0.29) is 15.7 Å². The molecule has 2 aromatic rings. The van der Waals surface area contributed by atoms with Crippen molar-refractivity contribution in [3.63, 3.8) is 0 Å². The molecule has 0 saturated heterocycles. The molecule has 2 rings (SSSR count). The number of hydrogen-bond acceptors (Lipinski definition) is 5. The van der Waals surface area contributed by atoms with Crippen LogP contribution in [0.1, 0.15) is 13.8 Å². The maximum Gasteiger partial charge on any atom is 0.349 e. The van der Waals surface area contributed by atoms with Crippen molar-refractivity contribution < 1.29 is 18.7 Å². The van der Waals surface area contributed by atoms with Crippen LogP contribution in [0.25, 0.3) is 11.3 Å². The molecule has 8 heteroatoms. The highest BCUT2D eigenvalue weighted by molar-refractivity contribution is 7.71. The number of halogens is 2. The summed E-state index contributed by atoms with van der Waals surface area (Å²) in [7, 11) is 1.26. The third-order valence-corrected chi connectivity index (χ3v) is 3.49. The van der Waals surface area contributed by atoms with Gasteiger partial charge in [0.2, 0.25) is 16.3 Å². The first-order valence-corrected chi connectivity index (χ1v) is 7.36. The highest BCUT2D eigenvalue weighted by atomic mass is 35.5. The molecule has 5 nitrogen and oxygen atoms in total. The van der Waals surface area contributed by atoms with Crippen molar-refractivity contribution in [3.05, 3.63) is 39.9 Å². The van der Waals surface area contributed by atoms with Crippen LogP contribution in [0.3, 0.4) is 0 Å². The Morgan fingerprint density at radius 1 is 1.39 bits per heavy atom. The van der Waals surface area contributed by atoms with Crippen LogP contribution in [-0.4, -0.2) is 28.6 Å². The van der Waals surface area contributed by atoms with E-state index in [2.05, 4.69) is 14.7 Å². The van der Waals surface area contributed by atoms with Crippen molar-refractivity contribution in [3.8, 4) is 17.1 Å². The number of rotatable bonds is 4. The fourth-order valence-electron chi connectivity index (χ4n) is 1.86. The van der Waals surface area contributed by atoms with E-state index in [1.165, 1.54) is 25.3 Å². The molecule has 0 radical (unpaired) electrons. The third-order valence-electron chi connectivity index (χ3n) is 2.99. The Labute approximate surface area is 142 Å². The van der Waals surface area contributed by atoms with E-state index >= 15 is 0 Å². The number of hydrogen-bond donors (Lipinski definition) is 1. The van der Waals surface area contributed by atoms with Crippen molar-refractivity contribution in [2.24, 2.45) is 0 Å². The Hall–Kier alpha value is -1.99. The van der Waals surface area contributed by atoms with Crippen LogP contribution in [0.2, 0.25) is 5.02 Å². The molecule has 0 spiro atoms. The van der Waals surface area contributed by atoms with Gasteiger partial charge in [-0.25, -0.2) is 9.18 Å². The summed E-state index contributed by atoms with van der Waals surface area (Å²) in [5, 5.41) is 0.0182. The molecule has 0 amide bonds. The molecule has 0 aliphatic heterocycles. The number of H-pyrrole nitrogens is 1. The van der Waals surface area contributed by atoms with Crippen molar-refractivity contribution in [2.75, 3.05) is 7.11 Å². The van der Waals surface area contributed by atoms with E-state index in [1.807, 2.05) is 0 Å². The van der Waals surface area contributed by atoms with Crippen molar-refractivity contribution in [1.82, 2.24) is 9.97 Å². The largest absolute Gasteiger partial charge is 0.466 e. The molecule has 1 heterocycles. The van der Waals surface area contributed by atoms with Crippen LogP contribution < -0.4 is 4.74 Å². The fourth-order valence-corrected chi connectivity index (χ4v) is 2.17.